The second-order valence-corrected chi connectivity index (χ2v) is 6.10. The number of imidazole rings is 1. The Morgan fingerprint density at radius 3 is 2.50 bits per heavy atom. The van der Waals surface area contributed by atoms with Gasteiger partial charge in [0.15, 0.2) is 15.9 Å². The van der Waals surface area contributed by atoms with Gasteiger partial charge < -0.3 is 4.57 Å². The van der Waals surface area contributed by atoms with Crippen LogP contribution in [0, 0.1) is 0 Å². The van der Waals surface area contributed by atoms with Gasteiger partial charge in [-0.15, -0.1) is 0 Å². The summed E-state index contributed by atoms with van der Waals surface area (Å²) in [6, 6.07) is 0.277. The van der Waals surface area contributed by atoms with Gasteiger partial charge in [-0.05, 0) is 15.9 Å². The molecule has 96 valence electrons. The highest BCUT2D eigenvalue weighted by Crippen LogP contribution is 2.33. The van der Waals surface area contributed by atoms with Crippen LogP contribution in [0.15, 0.2) is 14.3 Å². The zero-order valence-corrected chi connectivity index (χ0v) is 12.3. The third-order valence-corrected chi connectivity index (χ3v) is 5.03. The first-order valence-electron chi connectivity index (χ1n) is 5.43. The molecule has 1 saturated heterocycles. The molecule has 18 heavy (non-hydrogen) atoms. The van der Waals surface area contributed by atoms with Crippen LogP contribution in [0.1, 0.15) is 6.04 Å². The highest BCUT2D eigenvalue weighted by Gasteiger charge is 2.27. The number of thioether (sulfide) groups is 1. The predicted octanol–water partition coefficient (Wildman–Crippen LogP) is 0.484. The summed E-state index contributed by atoms with van der Waals surface area (Å²) in [6.45, 7) is 0. The van der Waals surface area contributed by atoms with Gasteiger partial charge in [0.05, 0.1) is 6.04 Å². The molecule has 0 amide bonds. The lowest BCUT2D eigenvalue weighted by Gasteiger charge is -2.27. The van der Waals surface area contributed by atoms with E-state index in [1.165, 1.54) is 11.6 Å². The van der Waals surface area contributed by atoms with Crippen LogP contribution in [0.25, 0.3) is 11.2 Å². The summed E-state index contributed by atoms with van der Waals surface area (Å²) < 4.78 is 5.04. The third-order valence-electron chi connectivity index (χ3n) is 3.23. The van der Waals surface area contributed by atoms with E-state index < -0.39 is 0 Å². The summed E-state index contributed by atoms with van der Waals surface area (Å²) in [4.78, 5) is 28.4. The van der Waals surface area contributed by atoms with Crippen LogP contribution in [0.2, 0.25) is 0 Å². The first kappa shape index (κ1) is 12.0. The van der Waals surface area contributed by atoms with E-state index in [1.54, 1.807) is 7.05 Å². The van der Waals surface area contributed by atoms with Gasteiger partial charge in [-0.1, -0.05) is 0 Å². The maximum absolute atomic E-state index is 12.2. The van der Waals surface area contributed by atoms with E-state index >= 15 is 0 Å². The fourth-order valence-corrected chi connectivity index (χ4v) is 3.47. The number of nitrogens with zero attached hydrogens (tertiary/aromatic N) is 4. The molecule has 2 aromatic heterocycles. The number of aryl methyl sites for hydroxylation is 1. The summed E-state index contributed by atoms with van der Waals surface area (Å²) in [5.74, 6) is 1.94. The number of aromatic nitrogens is 4. The van der Waals surface area contributed by atoms with Crippen molar-refractivity contribution in [2.24, 2.45) is 14.1 Å². The third kappa shape index (κ3) is 1.45. The van der Waals surface area contributed by atoms with E-state index in [0.29, 0.717) is 15.9 Å². The normalized spacial score (nSPS) is 16.2. The zero-order chi connectivity index (χ0) is 13.0. The van der Waals surface area contributed by atoms with Gasteiger partial charge in [0, 0.05) is 25.6 Å². The van der Waals surface area contributed by atoms with Crippen molar-refractivity contribution >= 4 is 38.9 Å². The number of hydrogen-bond acceptors (Lipinski definition) is 4. The number of rotatable bonds is 1. The van der Waals surface area contributed by atoms with E-state index in [4.69, 9.17) is 0 Å². The molecule has 0 aromatic carbocycles. The molecule has 1 fully saturated rings. The molecule has 0 atom stereocenters. The fraction of sp³-hybridized carbons (Fsp3) is 0.500. The summed E-state index contributed by atoms with van der Waals surface area (Å²) >= 11 is 5.21. The molecule has 0 aliphatic carbocycles. The predicted molar refractivity (Wildman–Crippen MR) is 74.3 cm³/mol. The van der Waals surface area contributed by atoms with Crippen molar-refractivity contribution in [2.45, 2.75) is 6.04 Å². The summed E-state index contributed by atoms with van der Waals surface area (Å²) in [6.07, 6.45) is 0. The molecule has 0 unspecified atom stereocenters. The zero-order valence-electron chi connectivity index (χ0n) is 9.88. The monoisotopic (exact) mass is 330 g/mol. The van der Waals surface area contributed by atoms with E-state index in [-0.39, 0.29) is 17.3 Å². The van der Waals surface area contributed by atoms with Crippen LogP contribution in [-0.4, -0.2) is 30.2 Å². The topological polar surface area (TPSA) is 61.8 Å². The summed E-state index contributed by atoms with van der Waals surface area (Å²) in [7, 11) is 3.12. The standard InChI is InChI=1S/C10H11BrN4O2S/c1-13-7-6(8(16)14(2)10(13)17)15(9(11)12-7)5-3-18-4-5/h5H,3-4H2,1-2H3. The number of halogens is 1. The van der Waals surface area contributed by atoms with Gasteiger partial charge in [-0.3, -0.25) is 13.9 Å². The van der Waals surface area contributed by atoms with Crippen molar-refractivity contribution in [1.29, 1.82) is 0 Å². The molecule has 8 heteroatoms. The van der Waals surface area contributed by atoms with Gasteiger partial charge in [0.25, 0.3) is 5.56 Å². The molecular weight excluding hydrogens is 320 g/mol. The maximum atomic E-state index is 12.2. The minimum Gasteiger partial charge on any atom is -0.308 e. The van der Waals surface area contributed by atoms with Crippen LogP contribution in [0.4, 0.5) is 0 Å². The molecule has 0 spiro atoms. The van der Waals surface area contributed by atoms with E-state index in [0.717, 1.165) is 16.1 Å². The minimum absolute atomic E-state index is 0.277. The van der Waals surface area contributed by atoms with Crippen molar-refractivity contribution in [3.63, 3.8) is 0 Å². The average molecular weight is 331 g/mol. The Morgan fingerprint density at radius 1 is 1.28 bits per heavy atom. The van der Waals surface area contributed by atoms with Crippen LogP contribution in [-0.2, 0) is 14.1 Å². The molecule has 2 aromatic rings. The van der Waals surface area contributed by atoms with E-state index in [9.17, 15) is 9.59 Å². The summed E-state index contributed by atoms with van der Waals surface area (Å²) in [5, 5.41) is 0. The molecular formula is C10H11BrN4O2S. The van der Waals surface area contributed by atoms with Crippen LogP contribution >= 0.6 is 27.7 Å². The second-order valence-electron chi connectivity index (χ2n) is 4.32. The molecule has 6 nitrogen and oxygen atoms in total. The van der Waals surface area contributed by atoms with E-state index in [1.807, 2.05) is 16.3 Å². The van der Waals surface area contributed by atoms with Crippen LogP contribution < -0.4 is 11.2 Å². The number of fused-ring (bicyclic) bond motifs is 1. The molecule has 3 rings (SSSR count). The minimum atomic E-state index is -0.354. The van der Waals surface area contributed by atoms with Gasteiger partial charge in [0.2, 0.25) is 0 Å². The molecule has 0 radical (unpaired) electrons. The Morgan fingerprint density at radius 2 is 1.94 bits per heavy atom. The molecule has 0 saturated carbocycles. The Hall–Kier alpha value is -1.02. The lowest BCUT2D eigenvalue weighted by Crippen LogP contribution is -2.38. The molecule has 1 aliphatic rings. The molecule has 0 bridgehead atoms. The average Bonchev–Trinajstić information content (AvgIpc) is 2.60. The van der Waals surface area contributed by atoms with Gasteiger partial charge in [-0.25, -0.2) is 9.78 Å². The SMILES string of the molecule is Cn1c(=O)c2c(nc(Br)n2C2CSC2)n(C)c1=O. The largest absolute Gasteiger partial charge is 0.332 e. The summed E-state index contributed by atoms with van der Waals surface area (Å²) in [5.41, 5.74) is 0.291. The second kappa shape index (κ2) is 3.99. The Bertz CT molecular complexity index is 756. The fourth-order valence-electron chi connectivity index (χ4n) is 2.09. The van der Waals surface area contributed by atoms with Crippen molar-refractivity contribution < 1.29 is 0 Å². The maximum Gasteiger partial charge on any atom is 0.332 e. The van der Waals surface area contributed by atoms with Gasteiger partial charge in [-0.2, -0.15) is 11.8 Å². The first-order valence-corrected chi connectivity index (χ1v) is 7.38. The van der Waals surface area contributed by atoms with Gasteiger partial charge in [0.1, 0.15) is 0 Å². The quantitative estimate of drug-likeness (QED) is 0.714. The highest BCUT2D eigenvalue weighted by atomic mass is 79.9. The Labute approximate surface area is 115 Å². The first-order chi connectivity index (χ1) is 8.52. The van der Waals surface area contributed by atoms with Crippen molar-refractivity contribution in [3.8, 4) is 0 Å². The van der Waals surface area contributed by atoms with Crippen LogP contribution in [0.5, 0.6) is 0 Å². The smallest absolute Gasteiger partial charge is 0.308 e. The van der Waals surface area contributed by atoms with Crippen molar-refractivity contribution in [2.75, 3.05) is 11.5 Å². The Balaban J connectivity index is 2.48. The highest BCUT2D eigenvalue weighted by molar-refractivity contribution is 9.10. The van der Waals surface area contributed by atoms with Gasteiger partial charge >= 0.3 is 5.69 Å². The van der Waals surface area contributed by atoms with E-state index in [2.05, 4.69) is 20.9 Å². The van der Waals surface area contributed by atoms with Crippen molar-refractivity contribution in [1.82, 2.24) is 18.7 Å². The Kier molecular flexibility index (Phi) is 2.67. The molecule has 0 N–H and O–H groups in total. The molecule has 1 aliphatic heterocycles. The van der Waals surface area contributed by atoms with Crippen LogP contribution in [0.3, 0.4) is 0 Å². The lowest BCUT2D eigenvalue weighted by atomic mass is 10.3. The van der Waals surface area contributed by atoms with Crippen molar-refractivity contribution in [3.05, 3.63) is 25.6 Å². The number of hydrogen-bond donors (Lipinski definition) is 0. The lowest BCUT2D eigenvalue weighted by molar-refractivity contribution is 0.591. The molecule has 3 heterocycles.